The Bertz CT molecular complexity index is 1600. The van der Waals surface area contributed by atoms with Gasteiger partial charge in [0.2, 0.25) is 5.91 Å². The van der Waals surface area contributed by atoms with Crippen LogP contribution in [0.3, 0.4) is 0 Å². The standard InChI is InChI=1S/C26H21ClF4N4O4S/c27-19-6-2-7-20(28)24(19)25(37)33-16-11-22-21(32-13-16)12-17(34-9-3-8-23(34)36)14-35(22)40(38,39)18-5-1-4-15(10-18)26(29,30)31/h1-2,4-7,10-11,13,17H,3,8-9,12,14H2,(H,33,37)/t17-/m1/s1. The Morgan fingerprint density at radius 3 is 2.55 bits per heavy atom. The van der Waals surface area contributed by atoms with Crippen molar-refractivity contribution in [3.05, 3.63) is 82.4 Å². The van der Waals surface area contributed by atoms with Gasteiger partial charge < -0.3 is 10.2 Å². The minimum atomic E-state index is -4.77. The highest BCUT2D eigenvalue weighted by Crippen LogP contribution is 2.37. The van der Waals surface area contributed by atoms with Crippen molar-refractivity contribution in [3.63, 3.8) is 0 Å². The van der Waals surface area contributed by atoms with E-state index in [2.05, 4.69) is 10.3 Å². The van der Waals surface area contributed by atoms with Crippen LogP contribution in [-0.4, -0.2) is 49.2 Å². The number of hydrogen-bond acceptors (Lipinski definition) is 5. The second kappa shape index (κ2) is 10.4. The van der Waals surface area contributed by atoms with Crippen molar-refractivity contribution in [2.45, 2.75) is 36.4 Å². The lowest BCUT2D eigenvalue weighted by molar-refractivity contribution is -0.137. The molecule has 2 aliphatic rings. The molecule has 0 unspecified atom stereocenters. The van der Waals surface area contributed by atoms with Crippen LogP contribution in [0.15, 0.2) is 59.6 Å². The summed E-state index contributed by atoms with van der Waals surface area (Å²) < 4.78 is 82.9. The predicted octanol–water partition coefficient (Wildman–Crippen LogP) is 4.89. The molecule has 1 N–H and O–H groups in total. The first-order valence-corrected chi connectivity index (χ1v) is 13.9. The molecule has 0 aliphatic carbocycles. The van der Waals surface area contributed by atoms with Crippen LogP contribution in [0.2, 0.25) is 5.02 Å². The number of halogens is 5. The van der Waals surface area contributed by atoms with Crippen LogP contribution in [0.4, 0.5) is 28.9 Å². The molecule has 2 aromatic carbocycles. The number of sulfonamides is 1. The van der Waals surface area contributed by atoms with E-state index in [9.17, 15) is 35.6 Å². The van der Waals surface area contributed by atoms with E-state index in [-0.39, 0.29) is 41.0 Å². The number of hydrogen-bond donors (Lipinski definition) is 1. The number of carbonyl (C=O) groups is 2. The summed E-state index contributed by atoms with van der Waals surface area (Å²) in [6, 6.07) is 7.74. The minimum absolute atomic E-state index is 0.00279. The van der Waals surface area contributed by atoms with E-state index in [1.807, 2.05) is 0 Å². The van der Waals surface area contributed by atoms with E-state index in [1.54, 1.807) is 4.90 Å². The zero-order valence-corrected chi connectivity index (χ0v) is 22.2. The first-order chi connectivity index (χ1) is 18.9. The topological polar surface area (TPSA) is 99.7 Å². The fourth-order valence-electron chi connectivity index (χ4n) is 4.86. The summed E-state index contributed by atoms with van der Waals surface area (Å²) in [5, 5.41) is 2.30. The van der Waals surface area contributed by atoms with Crippen LogP contribution in [0.25, 0.3) is 0 Å². The van der Waals surface area contributed by atoms with Crippen LogP contribution in [0, 0.1) is 5.82 Å². The van der Waals surface area contributed by atoms with Gasteiger partial charge in [0.25, 0.3) is 15.9 Å². The molecule has 210 valence electrons. The lowest BCUT2D eigenvalue weighted by Crippen LogP contribution is -2.51. The smallest absolute Gasteiger partial charge is 0.337 e. The number of fused-ring (bicyclic) bond motifs is 1. The summed E-state index contributed by atoms with van der Waals surface area (Å²) in [4.78, 5) is 30.5. The highest BCUT2D eigenvalue weighted by molar-refractivity contribution is 7.92. The number of alkyl halides is 3. The molecule has 3 heterocycles. The Labute approximate surface area is 231 Å². The third-order valence-corrected chi connectivity index (χ3v) is 8.86. The number of amides is 2. The molecule has 1 saturated heterocycles. The van der Waals surface area contributed by atoms with Crippen LogP contribution in [-0.2, 0) is 27.4 Å². The maximum Gasteiger partial charge on any atom is 0.416 e. The Morgan fingerprint density at radius 2 is 1.88 bits per heavy atom. The van der Waals surface area contributed by atoms with E-state index in [1.165, 1.54) is 24.4 Å². The van der Waals surface area contributed by atoms with Gasteiger partial charge in [-0.2, -0.15) is 13.2 Å². The SMILES string of the molecule is O=C(Nc1cnc2c(c1)N(S(=O)(=O)c1cccc(C(F)(F)F)c1)C[C@H](N1CCCC1=O)C2)c1c(F)cccc1Cl. The summed E-state index contributed by atoms with van der Waals surface area (Å²) >= 11 is 5.98. The number of nitrogens with one attached hydrogen (secondary N) is 1. The molecule has 0 saturated carbocycles. The number of pyridine rings is 1. The second-order valence-corrected chi connectivity index (χ2v) is 11.6. The molecular weight excluding hydrogens is 576 g/mol. The molecule has 3 aromatic rings. The fourth-order valence-corrected chi connectivity index (χ4v) is 6.68. The number of likely N-dealkylation sites (tertiary alicyclic amines) is 1. The number of nitrogens with zero attached hydrogens (tertiary/aromatic N) is 3. The molecule has 14 heteroatoms. The van der Waals surface area contributed by atoms with Crippen molar-refractivity contribution in [2.75, 3.05) is 22.7 Å². The molecule has 0 bridgehead atoms. The Morgan fingerprint density at radius 1 is 1.12 bits per heavy atom. The molecule has 1 fully saturated rings. The van der Waals surface area contributed by atoms with Gasteiger partial charge in [-0.1, -0.05) is 23.7 Å². The van der Waals surface area contributed by atoms with Crippen LogP contribution < -0.4 is 9.62 Å². The van der Waals surface area contributed by atoms with Crippen molar-refractivity contribution in [3.8, 4) is 0 Å². The largest absolute Gasteiger partial charge is 0.416 e. The molecule has 40 heavy (non-hydrogen) atoms. The quantitative estimate of drug-likeness (QED) is 0.423. The molecule has 1 atom stereocenters. The van der Waals surface area contributed by atoms with Crippen molar-refractivity contribution in [2.24, 2.45) is 0 Å². The summed E-state index contributed by atoms with van der Waals surface area (Å²) in [7, 11) is -4.59. The van der Waals surface area contributed by atoms with Crippen molar-refractivity contribution >= 4 is 44.8 Å². The van der Waals surface area contributed by atoms with E-state index in [0.717, 1.165) is 28.6 Å². The summed E-state index contributed by atoms with van der Waals surface area (Å²) in [6.07, 6.45) is -2.44. The average Bonchev–Trinajstić information content (AvgIpc) is 3.33. The number of anilines is 2. The lowest BCUT2D eigenvalue weighted by Gasteiger charge is -2.38. The normalized spacial score (nSPS) is 17.6. The number of rotatable bonds is 5. The summed E-state index contributed by atoms with van der Waals surface area (Å²) in [6.45, 7) is 0.170. The molecular formula is C26H21ClF4N4O4S. The summed E-state index contributed by atoms with van der Waals surface area (Å²) in [5.74, 6) is -1.94. The zero-order valence-electron chi connectivity index (χ0n) is 20.6. The average molecular weight is 597 g/mol. The Balaban J connectivity index is 1.56. The molecule has 8 nitrogen and oxygen atoms in total. The highest BCUT2D eigenvalue weighted by Gasteiger charge is 2.40. The minimum Gasteiger partial charge on any atom is -0.337 e. The van der Waals surface area contributed by atoms with Gasteiger partial charge in [-0.05, 0) is 42.8 Å². The van der Waals surface area contributed by atoms with Crippen LogP contribution >= 0.6 is 11.6 Å². The second-order valence-electron chi connectivity index (χ2n) is 9.35. The van der Waals surface area contributed by atoms with Crippen molar-refractivity contribution in [1.82, 2.24) is 9.88 Å². The molecule has 2 aliphatic heterocycles. The van der Waals surface area contributed by atoms with Crippen molar-refractivity contribution < 1.29 is 35.6 Å². The third-order valence-electron chi connectivity index (χ3n) is 6.77. The molecule has 5 rings (SSSR count). The van der Waals surface area contributed by atoms with E-state index in [4.69, 9.17) is 11.6 Å². The fraction of sp³-hybridized carbons (Fsp3) is 0.269. The van der Waals surface area contributed by atoms with Crippen LogP contribution in [0.5, 0.6) is 0 Å². The number of benzene rings is 2. The van der Waals surface area contributed by atoms with Gasteiger partial charge in [-0.15, -0.1) is 0 Å². The van der Waals surface area contributed by atoms with E-state index >= 15 is 0 Å². The van der Waals surface area contributed by atoms with Gasteiger partial charge in [-0.3, -0.25) is 18.9 Å². The van der Waals surface area contributed by atoms with Gasteiger partial charge >= 0.3 is 6.18 Å². The summed E-state index contributed by atoms with van der Waals surface area (Å²) in [5.41, 5.74) is -1.30. The zero-order chi connectivity index (χ0) is 28.8. The molecule has 2 amide bonds. The highest BCUT2D eigenvalue weighted by atomic mass is 35.5. The third kappa shape index (κ3) is 5.22. The monoisotopic (exact) mass is 596 g/mol. The van der Waals surface area contributed by atoms with Gasteiger partial charge in [0.05, 0.1) is 56.9 Å². The maximum atomic E-state index is 14.3. The van der Waals surface area contributed by atoms with Gasteiger partial charge in [0, 0.05) is 19.4 Å². The Kier molecular flexibility index (Phi) is 7.21. The lowest BCUT2D eigenvalue weighted by atomic mass is 10.0. The molecule has 0 radical (unpaired) electrons. The predicted molar refractivity (Wildman–Crippen MR) is 138 cm³/mol. The Hall–Kier alpha value is -3.71. The van der Waals surface area contributed by atoms with Gasteiger partial charge in [0.1, 0.15) is 5.82 Å². The van der Waals surface area contributed by atoms with E-state index < -0.39 is 50.0 Å². The molecule has 0 spiro atoms. The van der Waals surface area contributed by atoms with E-state index in [0.29, 0.717) is 25.5 Å². The van der Waals surface area contributed by atoms with Gasteiger partial charge in [-0.25, -0.2) is 12.8 Å². The first-order valence-electron chi connectivity index (χ1n) is 12.1. The first kappa shape index (κ1) is 27.8. The van der Waals surface area contributed by atoms with Gasteiger partial charge in [0.15, 0.2) is 0 Å². The van der Waals surface area contributed by atoms with Crippen LogP contribution in [0.1, 0.15) is 34.5 Å². The maximum absolute atomic E-state index is 14.3. The number of aromatic nitrogens is 1. The molecule has 1 aromatic heterocycles. The number of carbonyl (C=O) groups excluding carboxylic acids is 2. The van der Waals surface area contributed by atoms with Crippen molar-refractivity contribution in [1.29, 1.82) is 0 Å².